The monoisotopic (exact) mass is 676 g/mol. The van der Waals surface area contributed by atoms with Crippen LogP contribution in [0.25, 0.3) is 0 Å². The fourth-order valence-corrected chi connectivity index (χ4v) is 6.60. The van der Waals surface area contributed by atoms with Crippen LogP contribution in [0.1, 0.15) is 65.0 Å². The van der Waals surface area contributed by atoms with Crippen molar-refractivity contribution in [3.63, 3.8) is 0 Å². The fourth-order valence-electron chi connectivity index (χ4n) is 5.61. The Morgan fingerprint density at radius 2 is 1.68 bits per heavy atom. The van der Waals surface area contributed by atoms with Crippen molar-refractivity contribution in [1.82, 2.24) is 15.9 Å². The van der Waals surface area contributed by atoms with Crippen LogP contribution >= 0.6 is 0 Å². The molecule has 2 aromatic rings. The highest BCUT2D eigenvalue weighted by Gasteiger charge is 2.48. The van der Waals surface area contributed by atoms with Crippen LogP contribution in [-0.2, 0) is 55.8 Å². The third-order valence-electron chi connectivity index (χ3n) is 8.54. The molecule has 2 heterocycles. The summed E-state index contributed by atoms with van der Waals surface area (Å²) in [5.74, 6) is -0.873. The minimum absolute atomic E-state index is 0.0239. The van der Waals surface area contributed by atoms with E-state index in [1.54, 1.807) is 25.7 Å². The topological polar surface area (TPSA) is 145 Å². The van der Waals surface area contributed by atoms with Crippen LogP contribution in [0.4, 0.5) is 5.69 Å². The lowest BCUT2D eigenvalue weighted by atomic mass is 9.74. The summed E-state index contributed by atoms with van der Waals surface area (Å²) in [5, 5.41) is 0. The number of nitrogens with one attached hydrogen (secondary N) is 2. The minimum Gasteiger partial charge on any atom is -0.433 e. The van der Waals surface area contributed by atoms with Crippen molar-refractivity contribution in [2.45, 2.75) is 84.0 Å². The van der Waals surface area contributed by atoms with Gasteiger partial charge in [0, 0.05) is 32.0 Å². The quantitative estimate of drug-likeness (QED) is 0.117. The second kappa shape index (κ2) is 15.9. The number of rotatable bonds is 16. The number of fused-ring (bicyclic) bond motifs is 2. The molecular formula is C33H48N4O9S. The number of anilines is 1. The van der Waals surface area contributed by atoms with E-state index in [2.05, 4.69) is 11.0 Å². The van der Waals surface area contributed by atoms with E-state index < -0.39 is 34.0 Å². The number of ether oxygens (including phenoxy) is 2. The summed E-state index contributed by atoms with van der Waals surface area (Å²) in [7, 11) is -3.45. The predicted molar refractivity (Wildman–Crippen MR) is 175 cm³/mol. The number of hydroxylamine groups is 2. The maximum atomic E-state index is 13.9. The molecule has 2 aliphatic rings. The average molecular weight is 677 g/mol. The molecule has 1 fully saturated rings. The number of hydrogen-bond donors (Lipinski definition) is 2. The molecule has 4 rings (SSSR count). The molecule has 0 saturated carbocycles. The van der Waals surface area contributed by atoms with Gasteiger partial charge in [-0.3, -0.25) is 18.7 Å². The van der Waals surface area contributed by atoms with Gasteiger partial charge in [-0.05, 0) is 50.3 Å². The Bertz CT molecular complexity index is 1450. The van der Waals surface area contributed by atoms with Gasteiger partial charge in [0.2, 0.25) is 22.2 Å². The van der Waals surface area contributed by atoms with Gasteiger partial charge in [0.1, 0.15) is 6.04 Å². The summed E-state index contributed by atoms with van der Waals surface area (Å²) in [6, 6.07) is 16.4. The molecule has 1 spiro atoms. The number of piperidine rings is 1. The molecule has 3 atom stereocenters. The lowest BCUT2D eigenvalue weighted by Gasteiger charge is -2.41. The van der Waals surface area contributed by atoms with Crippen molar-refractivity contribution in [3.05, 3.63) is 65.7 Å². The van der Waals surface area contributed by atoms with Gasteiger partial charge in [0.25, 0.3) is 0 Å². The van der Waals surface area contributed by atoms with Gasteiger partial charge in [-0.15, -0.1) is 10.5 Å². The highest BCUT2D eigenvalue weighted by molar-refractivity contribution is 7.92. The van der Waals surface area contributed by atoms with Gasteiger partial charge < -0.3 is 14.4 Å². The summed E-state index contributed by atoms with van der Waals surface area (Å²) in [4.78, 5) is 43.7. The zero-order valence-electron chi connectivity index (χ0n) is 28.1. The molecule has 1 amide bonds. The fraction of sp³-hybridized carbons (Fsp3) is 0.576. The molecule has 2 N–H and O–H groups in total. The second-order valence-electron chi connectivity index (χ2n) is 12.8. The number of hydrogen-bond acceptors (Lipinski definition) is 11. The molecule has 1 saturated heterocycles. The number of likely N-dealkylation sites (tertiary alicyclic amines) is 1. The second-order valence-corrected chi connectivity index (χ2v) is 14.7. The van der Waals surface area contributed by atoms with Crippen LogP contribution in [0.2, 0.25) is 0 Å². The highest BCUT2D eigenvalue weighted by Crippen LogP contribution is 2.47. The standard InChI is InChI=1S/C33H48N4O9S/c1-7-24(2)31(39)43-25(3)44-46-35-32(4,5)45-34-28(22-42-21-26-13-9-8-10-14-26)30(38)36-19-17-33(18-20-36)23-37(47(6,40)41)29-16-12-11-15-27(29)33/h8-16,24-25,28,34-35H,7,17-23H2,1-6H3/t24?,25?,28-/m1/s1. The summed E-state index contributed by atoms with van der Waals surface area (Å²) < 4.78 is 37.8. The number of para-hydroxylation sites is 1. The van der Waals surface area contributed by atoms with Gasteiger partial charge in [-0.2, -0.15) is 10.4 Å². The van der Waals surface area contributed by atoms with Crippen LogP contribution in [0, 0.1) is 5.92 Å². The van der Waals surface area contributed by atoms with E-state index in [0.29, 0.717) is 51.2 Å². The summed E-state index contributed by atoms with van der Waals surface area (Å²) in [6.07, 6.45) is 2.12. The Morgan fingerprint density at radius 3 is 2.34 bits per heavy atom. The number of amides is 1. The zero-order chi connectivity index (χ0) is 34.2. The Kier molecular flexibility index (Phi) is 12.4. The molecule has 260 valence electrons. The zero-order valence-corrected chi connectivity index (χ0v) is 28.9. The van der Waals surface area contributed by atoms with Gasteiger partial charge >= 0.3 is 5.97 Å². The highest BCUT2D eigenvalue weighted by atomic mass is 32.2. The molecule has 13 nitrogen and oxygen atoms in total. The Hall–Kier alpha value is -3.11. The lowest BCUT2D eigenvalue weighted by Crippen LogP contribution is -2.56. The van der Waals surface area contributed by atoms with E-state index >= 15 is 0 Å². The van der Waals surface area contributed by atoms with Crippen molar-refractivity contribution in [1.29, 1.82) is 0 Å². The first-order chi connectivity index (χ1) is 22.2. The van der Waals surface area contributed by atoms with Crippen LogP contribution in [0.15, 0.2) is 54.6 Å². The van der Waals surface area contributed by atoms with E-state index in [-0.39, 0.29) is 23.8 Å². The Balaban J connectivity index is 1.36. The number of carbonyl (C=O) groups is 2. The normalized spacial score (nSPS) is 18.1. The van der Waals surface area contributed by atoms with Crippen molar-refractivity contribution >= 4 is 27.6 Å². The third kappa shape index (κ3) is 9.72. The van der Waals surface area contributed by atoms with Gasteiger partial charge in [-0.1, -0.05) is 62.4 Å². The first-order valence-corrected chi connectivity index (χ1v) is 17.8. The third-order valence-corrected chi connectivity index (χ3v) is 9.67. The molecule has 14 heteroatoms. The summed E-state index contributed by atoms with van der Waals surface area (Å²) >= 11 is 0. The maximum Gasteiger partial charge on any atom is 0.311 e. The minimum atomic E-state index is -3.45. The van der Waals surface area contributed by atoms with Crippen LogP contribution in [0.5, 0.6) is 0 Å². The average Bonchev–Trinajstić information content (AvgIpc) is 3.37. The van der Waals surface area contributed by atoms with E-state index in [1.165, 1.54) is 17.5 Å². The van der Waals surface area contributed by atoms with E-state index in [9.17, 15) is 18.0 Å². The van der Waals surface area contributed by atoms with Crippen molar-refractivity contribution < 1.29 is 42.2 Å². The van der Waals surface area contributed by atoms with Crippen LogP contribution < -0.4 is 15.3 Å². The smallest absolute Gasteiger partial charge is 0.311 e. The van der Waals surface area contributed by atoms with Crippen LogP contribution in [-0.4, -0.2) is 75.7 Å². The largest absolute Gasteiger partial charge is 0.433 e. The van der Waals surface area contributed by atoms with Crippen molar-refractivity contribution in [2.75, 3.05) is 36.8 Å². The van der Waals surface area contributed by atoms with E-state index in [4.69, 9.17) is 24.2 Å². The van der Waals surface area contributed by atoms with Gasteiger partial charge in [0.05, 0.1) is 31.1 Å². The number of sulfonamides is 1. The Labute approximate surface area is 277 Å². The maximum absolute atomic E-state index is 13.9. The first kappa shape index (κ1) is 36.7. The first-order valence-electron chi connectivity index (χ1n) is 16.0. The molecular weight excluding hydrogens is 628 g/mol. The lowest BCUT2D eigenvalue weighted by molar-refractivity contribution is -0.421. The van der Waals surface area contributed by atoms with E-state index in [0.717, 1.165) is 11.1 Å². The van der Waals surface area contributed by atoms with Crippen LogP contribution in [0.3, 0.4) is 0 Å². The number of nitrogens with zero attached hydrogens (tertiary/aromatic N) is 2. The predicted octanol–water partition coefficient (Wildman–Crippen LogP) is 3.56. The number of benzene rings is 2. The van der Waals surface area contributed by atoms with Gasteiger partial charge in [-0.25, -0.2) is 8.42 Å². The molecule has 2 aliphatic heterocycles. The summed E-state index contributed by atoms with van der Waals surface area (Å²) in [5.41, 5.74) is 6.57. The van der Waals surface area contributed by atoms with Crippen molar-refractivity contribution in [2.24, 2.45) is 5.92 Å². The number of carbonyl (C=O) groups excluding carboxylic acids is 2. The molecule has 0 aliphatic carbocycles. The Morgan fingerprint density at radius 1 is 1.02 bits per heavy atom. The number of esters is 1. The molecule has 0 bridgehead atoms. The van der Waals surface area contributed by atoms with Gasteiger partial charge in [0.15, 0.2) is 5.72 Å². The molecule has 2 unspecified atom stereocenters. The molecule has 2 aromatic carbocycles. The summed E-state index contributed by atoms with van der Waals surface area (Å²) in [6.45, 7) is 10.0. The molecule has 47 heavy (non-hydrogen) atoms. The van der Waals surface area contributed by atoms with Crippen molar-refractivity contribution in [3.8, 4) is 0 Å². The molecule has 0 radical (unpaired) electrons. The molecule has 0 aromatic heterocycles. The SMILES string of the molecule is CCC(C)C(=O)OC(C)OONC(C)(C)ON[C@H](COCc1ccccc1)C(=O)N1CCC2(CC1)CN(S(C)(=O)=O)c1ccccc12. The van der Waals surface area contributed by atoms with E-state index in [1.807, 2.05) is 61.5 Å².